The molecule has 11 heteroatoms. The molecule has 37 heavy (non-hydrogen) atoms. The van der Waals surface area contributed by atoms with Gasteiger partial charge in [0.15, 0.2) is 0 Å². The molecule has 0 radical (unpaired) electrons. The predicted molar refractivity (Wildman–Crippen MR) is 134 cm³/mol. The van der Waals surface area contributed by atoms with Crippen LogP contribution in [0.2, 0.25) is 0 Å². The Morgan fingerprint density at radius 2 is 1.84 bits per heavy atom. The van der Waals surface area contributed by atoms with Gasteiger partial charge in [-0.15, -0.1) is 0 Å². The van der Waals surface area contributed by atoms with Gasteiger partial charge in [0.25, 0.3) is 5.91 Å². The highest BCUT2D eigenvalue weighted by atomic mass is 19.1. The quantitative estimate of drug-likeness (QED) is 0.363. The third kappa shape index (κ3) is 7.37. The van der Waals surface area contributed by atoms with Crippen molar-refractivity contribution in [3.63, 3.8) is 0 Å². The molecule has 2 atom stereocenters. The van der Waals surface area contributed by atoms with Crippen molar-refractivity contribution in [2.24, 2.45) is 5.92 Å². The first-order valence-corrected chi connectivity index (χ1v) is 12.7. The van der Waals surface area contributed by atoms with E-state index in [-0.39, 0.29) is 24.4 Å². The summed E-state index contributed by atoms with van der Waals surface area (Å²) in [6, 6.07) is 3.52. The van der Waals surface area contributed by atoms with Crippen LogP contribution in [0, 0.1) is 11.7 Å². The molecule has 1 saturated carbocycles. The number of nitrogens with zero attached hydrogens (tertiary/aromatic N) is 2. The molecular weight excluding hydrogens is 481 g/mol. The van der Waals surface area contributed by atoms with E-state index in [2.05, 4.69) is 21.0 Å². The molecule has 10 nitrogen and oxygen atoms in total. The molecule has 1 fully saturated rings. The molecular formula is C26H34FN5O5. The summed E-state index contributed by atoms with van der Waals surface area (Å²) < 4.78 is 16.5. The van der Waals surface area contributed by atoms with Crippen LogP contribution >= 0.6 is 0 Å². The molecule has 4 N–H and O–H groups in total. The summed E-state index contributed by atoms with van der Waals surface area (Å²) in [5.74, 6) is -3.42. The van der Waals surface area contributed by atoms with Crippen LogP contribution in [0.4, 0.5) is 10.1 Å². The Morgan fingerprint density at radius 3 is 2.46 bits per heavy atom. The molecule has 0 bridgehead atoms. The number of amides is 3. The molecule has 0 saturated heterocycles. The highest BCUT2D eigenvalue weighted by molar-refractivity contribution is 6.00. The van der Waals surface area contributed by atoms with E-state index in [0.717, 1.165) is 38.2 Å². The fraction of sp³-hybridized carbons (Fsp3) is 0.500. The molecule has 1 aliphatic rings. The van der Waals surface area contributed by atoms with E-state index >= 15 is 0 Å². The highest BCUT2D eigenvalue weighted by Gasteiger charge is 2.32. The maximum absolute atomic E-state index is 14.9. The first kappa shape index (κ1) is 27.8. The number of aryl methyl sites for hydroxylation is 1. The Balaban J connectivity index is 1.74. The number of carboxylic acids is 1. The van der Waals surface area contributed by atoms with Gasteiger partial charge in [-0.25, -0.2) is 9.18 Å². The minimum Gasteiger partial charge on any atom is -0.480 e. The lowest BCUT2D eigenvalue weighted by atomic mass is 9.83. The van der Waals surface area contributed by atoms with Crippen molar-refractivity contribution < 1.29 is 28.7 Å². The summed E-state index contributed by atoms with van der Waals surface area (Å²) in [6.45, 7) is 3.96. The zero-order valence-corrected chi connectivity index (χ0v) is 21.1. The standard InChI is InChI=1S/C26H34FN5O5/c1-3-22(33)29-20(26(36)37)15-16-10-11-19(18(27)14-16)30-25(35)23(17-8-6-5-7-9-17)31-24(34)21-12-13-28-32(21)4-2/h10-14,17,20,23H,3-9,15H2,1-2H3,(H,29,33)(H,30,35)(H,31,34)(H,36,37)/t20-,23+/m1/s1. The summed E-state index contributed by atoms with van der Waals surface area (Å²) in [7, 11) is 0. The number of anilines is 1. The molecule has 200 valence electrons. The van der Waals surface area contributed by atoms with Crippen molar-refractivity contribution in [1.29, 1.82) is 0 Å². The number of aromatic nitrogens is 2. The molecule has 1 aromatic carbocycles. The van der Waals surface area contributed by atoms with Crippen molar-refractivity contribution in [1.82, 2.24) is 20.4 Å². The smallest absolute Gasteiger partial charge is 0.326 e. The van der Waals surface area contributed by atoms with Crippen LogP contribution in [-0.4, -0.2) is 50.7 Å². The van der Waals surface area contributed by atoms with Crippen LogP contribution < -0.4 is 16.0 Å². The van der Waals surface area contributed by atoms with Gasteiger partial charge in [0.1, 0.15) is 23.6 Å². The second-order valence-electron chi connectivity index (χ2n) is 9.20. The van der Waals surface area contributed by atoms with Crippen LogP contribution in [0.1, 0.15) is 68.4 Å². The van der Waals surface area contributed by atoms with Gasteiger partial charge < -0.3 is 21.1 Å². The molecule has 3 rings (SSSR count). The second kappa shape index (κ2) is 13.0. The van der Waals surface area contributed by atoms with Crippen LogP contribution in [0.3, 0.4) is 0 Å². The maximum Gasteiger partial charge on any atom is 0.326 e. The Hall–Kier alpha value is -3.76. The van der Waals surface area contributed by atoms with Crippen LogP contribution in [-0.2, 0) is 27.3 Å². The predicted octanol–water partition coefficient (Wildman–Crippen LogP) is 2.88. The van der Waals surface area contributed by atoms with Crippen LogP contribution in [0.25, 0.3) is 0 Å². The molecule has 2 aromatic rings. The molecule has 1 heterocycles. The van der Waals surface area contributed by atoms with Gasteiger partial charge >= 0.3 is 5.97 Å². The van der Waals surface area contributed by atoms with Crippen molar-refractivity contribution in [2.75, 3.05) is 5.32 Å². The number of halogens is 1. The van der Waals surface area contributed by atoms with E-state index in [9.17, 15) is 28.7 Å². The fourth-order valence-corrected chi connectivity index (χ4v) is 4.59. The van der Waals surface area contributed by atoms with Gasteiger partial charge in [0.05, 0.1) is 5.69 Å². The average molecular weight is 516 g/mol. The second-order valence-corrected chi connectivity index (χ2v) is 9.20. The lowest BCUT2D eigenvalue weighted by Crippen LogP contribution is -2.49. The third-order valence-corrected chi connectivity index (χ3v) is 6.62. The number of nitrogens with one attached hydrogen (secondary N) is 3. The summed E-state index contributed by atoms with van der Waals surface area (Å²) >= 11 is 0. The van der Waals surface area contributed by atoms with Gasteiger partial charge in [0.2, 0.25) is 11.8 Å². The van der Waals surface area contributed by atoms with E-state index in [0.29, 0.717) is 17.8 Å². The van der Waals surface area contributed by atoms with Crippen molar-refractivity contribution in [3.8, 4) is 0 Å². The Morgan fingerprint density at radius 1 is 1.11 bits per heavy atom. The Labute approximate surface area is 215 Å². The molecule has 0 spiro atoms. The van der Waals surface area contributed by atoms with Gasteiger partial charge in [-0.2, -0.15) is 5.10 Å². The lowest BCUT2D eigenvalue weighted by molar-refractivity contribution is -0.141. The summed E-state index contributed by atoms with van der Waals surface area (Å²) in [6.07, 6.45) is 6.03. The maximum atomic E-state index is 14.9. The van der Waals surface area contributed by atoms with E-state index in [1.54, 1.807) is 13.0 Å². The van der Waals surface area contributed by atoms with E-state index in [1.165, 1.54) is 23.0 Å². The zero-order chi connectivity index (χ0) is 26.9. The number of carbonyl (C=O) groups excluding carboxylic acids is 3. The highest BCUT2D eigenvalue weighted by Crippen LogP contribution is 2.28. The third-order valence-electron chi connectivity index (χ3n) is 6.62. The van der Waals surface area contributed by atoms with Gasteiger partial charge in [-0.1, -0.05) is 32.3 Å². The Kier molecular flexibility index (Phi) is 9.76. The van der Waals surface area contributed by atoms with E-state index < -0.39 is 41.6 Å². The van der Waals surface area contributed by atoms with E-state index in [4.69, 9.17) is 0 Å². The number of carbonyl (C=O) groups is 4. The number of rotatable bonds is 11. The monoisotopic (exact) mass is 515 g/mol. The van der Waals surface area contributed by atoms with Crippen LogP contribution in [0.5, 0.6) is 0 Å². The number of hydrogen-bond donors (Lipinski definition) is 4. The first-order chi connectivity index (χ1) is 17.7. The number of carboxylic acid groups (broad SMARTS) is 1. The molecule has 0 aliphatic heterocycles. The number of aliphatic carboxylic acids is 1. The zero-order valence-electron chi connectivity index (χ0n) is 21.1. The molecule has 3 amide bonds. The van der Waals surface area contributed by atoms with Gasteiger partial charge in [-0.3, -0.25) is 19.1 Å². The minimum absolute atomic E-state index is 0.0770. The normalized spacial score (nSPS) is 15.4. The summed E-state index contributed by atoms with van der Waals surface area (Å²) in [5.41, 5.74) is 0.617. The van der Waals surface area contributed by atoms with Crippen molar-refractivity contribution in [3.05, 3.63) is 47.5 Å². The number of hydrogen-bond acceptors (Lipinski definition) is 5. The summed E-state index contributed by atoms with van der Waals surface area (Å²) in [4.78, 5) is 49.3. The van der Waals surface area contributed by atoms with E-state index in [1.807, 2.05) is 6.92 Å². The molecule has 1 aliphatic carbocycles. The topological polar surface area (TPSA) is 142 Å². The summed E-state index contributed by atoms with van der Waals surface area (Å²) in [5, 5.41) is 21.3. The number of benzene rings is 1. The van der Waals surface area contributed by atoms with Crippen molar-refractivity contribution in [2.45, 2.75) is 77.4 Å². The SMILES string of the molecule is CCC(=O)N[C@H](Cc1ccc(NC(=O)[C@@H](NC(=O)c2ccnn2CC)C2CCCCC2)c(F)c1)C(=O)O. The first-order valence-electron chi connectivity index (χ1n) is 12.7. The van der Waals surface area contributed by atoms with Crippen LogP contribution in [0.15, 0.2) is 30.5 Å². The average Bonchev–Trinajstić information content (AvgIpc) is 3.37. The van der Waals surface area contributed by atoms with Gasteiger partial charge in [-0.05, 0) is 49.4 Å². The molecule has 0 unspecified atom stereocenters. The van der Waals surface area contributed by atoms with Crippen molar-refractivity contribution >= 4 is 29.4 Å². The lowest BCUT2D eigenvalue weighted by Gasteiger charge is -2.30. The largest absolute Gasteiger partial charge is 0.480 e. The minimum atomic E-state index is -1.23. The Bertz CT molecular complexity index is 1130. The van der Waals surface area contributed by atoms with Gasteiger partial charge in [0, 0.05) is 25.6 Å². The fourth-order valence-electron chi connectivity index (χ4n) is 4.59. The molecule has 1 aromatic heterocycles.